The largest absolute Gasteiger partial charge is 0.497 e. The highest BCUT2D eigenvalue weighted by atomic mass is 19.1. The summed E-state index contributed by atoms with van der Waals surface area (Å²) in [7, 11) is 1.55. The van der Waals surface area contributed by atoms with Gasteiger partial charge in [-0.05, 0) is 61.7 Å². The number of methoxy groups -OCH3 is 1. The topological polar surface area (TPSA) is 68.2 Å². The van der Waals surface area contributed by atoms with Gasteiger partial charge in [0.1, 0.15) is 11.6 Å². The summed E-state index contributed by atoms with van der Waals surface area (Å²) in [4.78, 5) is 16.3. The minimum atomic E-state index is -0.453. The number of halogens is 1. The summed E-state index contributed by atoms with van der Waals surface area (Å²) in [5.41, 5.74) is 5.14. The highest BCUT2D eigenvalue weighted by Gasteiger charge is 2.32. The van der Waals surface area contributed by atoms with E-state index in [1.165, 1.54) is 23.0 Å². The Morgan fingerprint density at radius 1 is 1.28 bits per heavy atom. The Kier molecular flexibility index (Phi) is 6.55. The van der Waals surface area contributed by atoms with Crippen molar-refractivity contribution in [3.63, 3.8) is 0 Å². The van der Waals surface area contributed by atoms with Gasteiger partial charge in [-0.1, -0.05) is 6.07 Å². The first-order valence-corrected chi connectivity index (χ1v) is 10.9. The fraction of sp³-hybridized carbons (Fsp3) is 0.360. The average molecular weight is 437 g/mol. The Bertz CT molecular complexity index is 1100. The first-order chi connectivity index (χ1) is 15.5. The Hall–Kier alpha value is -3.19. The van der Waals surface area contributed by atoms with Crippen molar-refractivity contribution in [1.29, 1.82) is 0 Å². The van der Waals surface area contributed by atoms with Gasteiger partial charge in [0.15, 0.2) is 0 Å². The van der Waals surface area contributed by atoms with Crippen LogP contribution in [0.4, 0.5) is 4.39 Å². The normalized spacial score (nSPS) is 18.4. The van der Waals surface area contributed by atoms with Crippen molar-refractivity contribution in [2.45, 2.75) is 51.9 Å². The quantitative estimate of drug-likeness (QED) is 0.591. The van der Waals surface area contributed by atoms with E-state index >= 15 is 0 Å². The average Bonchev–Trinajstić information content (AvgIpc) is 3.07. The number of hydrogen-bond donors (Lipinski definition) is 2. The van der Waals surface area contributed by atoms with Gasteiger partial charge >= 0.3 is 0 Å². The predicted molar refractivity (Wildman–Crippen MR) is 121 cm³/mol. The third-order valence-electron chi connectivity index (χ3n) is 6.24. The monoisotopic (exact) mass is 436 g/mol. The lowest BCUT2D eigenvalue weighted by Gasteiger charge is -2.33. The second kappa shape index (κ2) is 9.53. The van der Waals surface area contributed by atoms with Gasteiger partial charge in [0.2, 0.25) is 5.91 Å². The van der Waals surface area contributed by atoms with Crippen molar-refractivity contribution in [2.24, 2.45) is 0 Å². The van der Waals surface area contributed by atoms with Crippen molar-refractivity contribution >= 4 is 5.91 Å². The molecule has 168 valence electrons. The lowest BCUT2D eigenvalue weighted by atomic mass is 9.91. The van der Waals surface area contributed by atoms with Crippen LogP contribution in [0.5, 0.6) is 5.75 Å². The van der Waals surface area contributed by atoms with Gasteiger partial charge < -0.3 is 19.9 Å². The number of ether oxygens (including phenoxy) is 1. The molecule has 1 saturated heterocycles. The molecule has 0 saturated carbocycles. The van der Waals surface area contributed by atoms with Crippen molar-refractivity contribution in [1.82, 2.24) is 20.2 Å². The number of benzene rings is 1. The zero-order chi connectivity index (χ0) is 22.7. The van der Waals surface area contributed by atoms with Crippen LogP contribution < -0.4 is 15.4 Å². The van der Waals surface area contributed by atoms with E-state index in [9.17, 15) is 9.18 Å². The smallest absolute Gasteiger partial charge is 0.220 e. The molecule has 0 unspecified atom stereocenters. The number of aromatic nitrogens is 2. The second-order valence-electron chi connectivity index (χ2n) is 8.30. The summed E-state index contributed by atoms with van der Waals surface area (Å²) >= 11 is 0. The molecule has 1 aliphatic rings. The standard InChI is InChI=1S/C25H29FN4O2/c1-16-11-19(17(2)30(16)15-18-5-4-10-27-13-18)14-28-23-8-9-24(31)29-25(23)21-12-20(32-3)6-7-22(21)26/h4-7,10-13,23,25,28H,8-9,14-15H2,1-3H3,(H,29,31)/t23-,25+/m1/s1. The molecule has 0 radical (unpaired) electrons. The van der Waals surface area contributed by atoms with Gasteiger partial charge in [-0.15, -0.1) is 0 Å². The predicted octanol–water partition coefficient (Wildman–Crippen LogP) is 3.81. The first-order valence-electron chi connectivity index (χ1n) is 10.9. The third-order valence-corrected chi connectivity index (χ3v) is 6.24. The fourth-order valence-corrected chi connectivity index (χ4v) is 4.41. The molecular weight excluding hydrogens is 407 g/mol. The number of aryl methyl sites for hydroxylation is 1. The summed E-state index contributed by atoms with van der Waals surface area (Å²) in [5.74, 6) is 0.156. The van der Waals surface area contributed by atoms with Crippen LogP contribution in [0.1, 0.15) is 47.0 Å². The molecule has 0 spiro atoms. The van der Waals surface area contributed by atoms with Gasteiger partial charge in [-0.2, -0.15) is 0 Å². The molecule has 4 rings (SSSR count). The first kappa shape index (κ1) is 22.0. The van der Waals surface area contributed by atoms with Gasteiger partial charge in [-0.25, -0.2) is 4.39 Å². The molecule has 1 amide bonds. The zero-order valence-corrected chi connectivity index (χ0v) is 18.7. The summed E-state index contributed by atoms with van der Waals surface area (Å²) in [6.45, 7) is 5.61. The maximum absolute atomic E-state index is 14.6. The third kappa shape index (κ3) is 4.67. The Balaban J connectivity index is 1.52. The number of nitrogens with zero attached hydrogens (tertiary/aromatic N) is 2. The van der Waals surface area contributed by atoms with E-state index in [-0.39, 0.29) is 17.8 Å². The van der Waals surface area contributed by atoms with Crippen LogP contribution in [-0.4, -0.2) is 28.6 Å². The highest BCUT2D eigenvalue weighted by molar-refractivity contribution is 5.77. The van der Waals surface area contributed by atoms with Gasteiger partial charge in [-0.3, -0.25) is 9.78 Å². The van der Waals surface area contributed by atoms with Crippen LogP contribution >= 0.6 is 0 Å². The molecule has 0 bridgehead atoms. The fourth-order valence-electron chi connectivity index (χ4n) is 4.41. The Labute approximate surface area is 187 Å². The number of amides is 1. The number of hydrogen-bond acceptors (Lipinski definition) is 4. The minimum absolute atomic E-state index is 0.0649. The van der Waals surface area contributed by atoms with E-state index < -0.39 is 6.04 Å². The molecule has 2 N–H and O–H groups in total. The number of pyridine rings is 1. The van der Waals surface area contributed by atoms with E-state index in [1.807, 2.05) is 12.3 Å². The van der Waals surface area contributed by atoms with Crippen LogP contribution in [0.3, 0.4) is 0 Å². The minimum Gasteiger partial charge on any atom is -0.497 e. The van der Waals surface area contributed by atoms with Gasteiger partial charge in [0.05, 0.1) is 13.2 Å². The summed E-state index contributed by atoms with van der Waals surface area (Å²) in [6.07, 6.45) is 4.72. The molecule has 6 nitrogen and oxygen atoms in total. The molecule has 3 heterocycles. The van der Waals surface area contributed by atoms with E-state index in [4.69, 9.17) is 4.74 Å². The number of rotatable bonds is 7. The van der Waals surface area contributed by atoms with E-state index in [2.05, 4.69) is 46.2 Å². The molecule has 1 fully saturated rings. The summed E-state index contributed by atoms with van der Waals surface area (Å²) in [5, 5.41) is 6.53. The summed E-state index contributed by atoms with van der Waals surface area (Å²) in [6, 6.07) is 10.3. The van der Waals surface area contributed by atoms with Crippen molar-refractivity contribution in [2.75, 3.05) is 7.11 Å². The van der Waals surface area contributed by atoms with Crippen molar-refractivity contribution < 1.29 is 13.9 Å². The van der Waals surface area contributed by atoms with Crippen LogP contribution in [0.15, 0.2) is 48.8 Å². The summed E-state index contributed by atoms with van der Waals surface area (Å²) < 4.78 is 22.2. The molecule has 7 heteroatoms. The highest BCUT2D eigenvalue weighted by Crippen LogP contribution is 2.29. The zero-order valence-electron chi connectivity index (χ0n) is 18.7. The molecule has 2 aromatic heterocycles. The number of carbonyl (C=O) groups excluding carboxylic acids is 1. The lowest BCUT2D eigenvalue weighted by Crippen LogP contribution is -2.48. The second-order valence-corrected chi connectivity index (χ2v) is 8.30. The maximum Gasteiger partial charge on any atom is 0.220 e. The maximum atomic E-state index is 14.6. The molecule has 3 aromatic rings. The van der Waals surface area contributed by atoms with Crippen LogP contribution in [-0.2, 0) is 17.9 Å². The Morgan fingerprint density at radius 2 is 2.12 bits per heavy atom. The molecule has 32 heavy (non-hydrogen) atoms. The van der Waals surface area contributed by atoms with Gasteiger partial charge in [0.25, 0.3) is 0 Å². The van der Waals surface area contributed by atoms with Crippen LogP contribution in [0.25, 0.3) is 0 Å². The molecular formula is C25H29FN4O2. The Morgan fingerprint density at radius 3 is 2.88 bits per heavy atom. The molecule has 1 aromatic carbocycles. The van der Waals surface area contributed by atoms with Crippen LogP contribution in [0, 0.1) is 19.7 Å². The van der Waals surface area contributed by atoms with Gasteiger partial charge in [0, 0.05) is 54.9 Å². The van der Waals surface area contributed by atoms with Crippen molar-refractivity contribution in [3.8, 4) is 5.75 Å². The number of nitrogens with one attached hydrogen (secondary N) is 2. The van der Waals surface area contributed by atoms with Crippen LogP contribution in [0.2, 0.25) is 0 Å². The number of piperidine rings is 1. The van der Waals surface area contributed by atoms with E-state index in [0.717, 1.165) is 12.1 Å². The molecule has 0 aliphatic carbocycles. The molecule has 2 atom stereocenters. The number of carbonyl (C=O) groups is 1. The van der Waals surface area contributed by atoms with E-state index in [1.54, 1.807) is 25.4 Å². The van der Waals surface area contributed by atoms with E-state index in [0.29, 0.717) is 30.7 Å². The SMILES string of the molecule is COc1ccc(F)c([C@@H]2NC(=O)CC[C@H]2NCc2cc(C)n(Cc3cccnc3)c2C)c1. The lowest BCUT2D eigenvalue weighted by molar-refractivity contribution is -0.123. The molecule has 1 aliphatic heterocycles. The van der Waals surface area contributed by atoms with Crippen molar-refractivity contribution in [3.05, 3.63) is 82.7 Å².